The van der Waals surface area contributed by atoms with Gasteiger partial charge < -0.3 is 0 Å². The molecule has 3 aromatic rings. The number of hydrogen-bond acceptors (Lipinski definition) is 1. The molecule has 220 valence electrons. The van der Waals surface area contributed by atoms with E-state index in [1.54, 1.807) is 0 Å². The van der Waals surface area contributed by atoms with Crippen LogP contribution in [0, 0.1) is 11.8 Å². The first kappa shape index (κ1) is 29.8. The van der Waals surface area contributed by atoms with Crippen molar-refractivity contribution in [1.29, 1.82) is 0 Å². The van der Waals surface area contributed by atoms with E-state index in [1.165, 1.54) is 64.6 Å². The summed E-state index contributed by atoms with van der Waals surface area (Å²) >= 11 is 3.61. The number of rotatable bonds is 10. The van der Waals surface area contributed by atoms with Crippen molar-refractivity contribution in [3.8, 4) is 0 Å². The maximum absolute atomic E-state index is 5.24. The Labute approximate surface area is 267 Å². The van der Waals surface area contributed by atoms with Gasteiger partial charge in [0, 0.05) is 22.5 Å². The van der Waals surface area contributed by atoms with Crippen LogP contribution in [0.3, 0.4) is 0 Å². The first-order chi connectivity index (χ1) is 21.1. The van der Waals surface area contributed by atoms with Crippen LogP contribution in [0.25, 0.3) is 5.57 Å². The summed E-state index contributed by atoms with van der Waals surface area (Å²) in [6.07, 6.45) is 22.7. The maximum atomic E-state index is 5.24. The second kappa shape index (κ2) is 14.0. The normalized spacial score (nSPS) is 22.4. The Morgan fingerprint density at radius 3 is 2.56 bits per heavy atom. The number of allylic oxidation sites excluding steroid dienone is 6. The van der Waals surface area contributed by atoms with Crippen molar-refractivity contribution in [2.45, 2.75) is 76.2 Å². The Kier molecular flexibility index (Phi) is 9.74. The smallest absolute Gasteiger partial charge is 0.0605 e. The molecule has 0 amide bonds. The van der Waals surface area contributed by atoms with Crippen LogP contribution < -0.4 is 0 Å². The van der Waals surface area contributed by atoms with Crippen LogP contribution in [0.4, 0.5) is 0 Å². The van der Waals surface area contributed by atoms with E-state index in [0.29, 0.717) is 5.92 Å². The van der Waals surface area contributed by atoms with E-state index in [1.807, 2.05) is 0 Å². The predicted molar refractivity (Wildman–Crippen MR) is 188 cm³/mol. The van der Waals surface area contributed by atoms with E-state index >= 15 is 0 Å². The standard InChI is InChI=1S/C41H44BrN/c1-3-36(32-19-17-31(18-20-32)16-14-29(2)13-15-30-9-5-4-6-10-30)41-26-25-37-34(28-43-41)27-40(33-21-23-35(42)24-22-33)39-12-8-7-11-38(37)39/h3-9,11-12,17-24,28-30,36,40-41H,1,10,13-16,25-27H2,2H3. The van der Waals surface area contributed by atoms with Crippen LogP contribution in [0.5, 0.6) is 0 Å². The average molecular weight is 631 g/mol. The molecule has 6 rings (SSSR count). The zero-order valence-electron chi connectivity index (χ0n) is 25.5. The van der Waals surface area contributed by atoms with E-state index in [9.17, 15) is 0 Å². The largest absolute Gasteiger partial charge is 0.289 e. The molecular formula is C41H44BrN. The van der Waals surface area contributed by atoms with Gasteiger partial charge in [0.15, 0.2) is 0 Å². The third-order valence-electron chi connectivity index (χ3n) is 9.92. The number of aryl methyl sites for hydroxylation is 1. The van der Waals surface area contributed by atoms with Crippen molar-refractivity contribution in [3.05, 3.63) is 148 Å². The van der Waals surface area contributed by atoms with E-state index in [-0.39, 0.29) is 12.0 Å². The lowest BCUT2D eigenvalue weighted by molar-refractivity contribution is 0.433. The molecule has 1 aliphatic heterocycles. The summed E-state index contributed by atoms with van der Waals surface area (Å²) in [5.41, 5.74) is 9.88. The molecule has 5 atom stereocenters. The summed E-state index contributed by atoms with van der Waals surface area (Å²) in [4.78, 5) is 5.24. The molecule has 0 radical (unpaired) electrons. The van der Waals surface area contributed by atoms with Crippen LogP contribution in [0.15, 0.2) is 125 Å². The molecule has 0 fully saturated rings. The highest BCUT2D eigenvalue weighted by molar-refractivity contribution is 9.10. The van der Waals surface area contributed by atoms with Gasteiger partial charge in [0.25, 0.3) is 0 Å². The van der Waals surface area contributed by atoms with Crippen LogP contribution >= 0.6 is 15.9 Å². The fourth-order valence-electron chi connectivity index (χ4n) is 7.27. The Balaban J connectivity index is 1.10. The number of halogens is 1. The van der Waals surface area contributed by atoms with Gasteiger partial charge in [0.05, 0.1) is 6.04 Å². The summed E-state index contributed by atoms with van der Waals surface area (Å²) in [6.45, 7) is 6.69. The van der Waals surface area contributed by atoms with Gasteiger partial charge in [-0.05, 0) is 108 Å². The van der Waals surface area contributed by atoms with Gasteiger partial charge in [-0.15, -0.1) is 6.58 Å². The highest BCUT2D eigenvalue weighted by atomic mass is 79.9. The van der Waals surface area contributed by atoms with Gasteiger partial charge in [0.2, 0.25) is 0 Å². The molecule has 0 spiro atoms. The first-order valence-electron chi connectivity index (χ1n) is 16.2. The molecule has 3 aliphatic rings. The number of fused-ring (bicyclic) bond motifs is 2. The highest BCUT2D eigenvalue weighted by Crippen LogP contribution is 2.45. The summed E-state index contributed by atoms with van der Waals surface area (Å²) in [5.74, 6) is 2.07. The molecule has 0 N–H and O–H groups in total. The van der Waals surface area contributed by atoms with Crippen molar-refractivity contribution in [2.75, 3.05) is 0 Å². The van der Waals surface area contributed by atoms with Gasteiger partial charge in [-0.1, -0.05) is 120 Å². The monoisotopic (exact) mass is 629 g/mol. The van der Waals surface area contributed by atoms with Gasteiger partial charge in [-0.25, -0.2) is 0 Å². The molecule has 0 saturated heterocycles. The van der Waals surface area contributed by atoms with E-state index in [0.717, 1.165) is 42.0 Å². The average Bonchev–Trinajstić information content (AvgIpc) is 3.27. The van der Waals surface area contributed by atoms with E-state index in [4.69, 9.17) is 4.99 Å². The topological polar surface area (TPSA) is 12.4 Å². The number of aliphatic imine (C=N–C) groups is 1. The molecule has 0 aromatic heterocycles. The number of benzene rings is 3. The molecule has 1 nitrogen and oxygen atoms in total. The lowest BCUT2D eigenvalue weighted by Gasteiger charge is -2.29. The van der Waals surface area contributed by atoms with Crippen molar-refractivity contribution in [1.82, 2.24) is 0 Å². The fraction of sp³-hybridized carbons (Fsp3) is 0.341. The first-order valence-corrected chi connectivity index (χ1v) is 17.0. The predicted octanol–water partition coefficient (Wildman–Crippen LogP) is 11.4. The Bertz CT molecular complexity index is 1520. The molecular weight excluding hydrogens is 586 g/mol. The zero-order valence-corrected chi connectivity index (χ0v) is 27.1. The molecule has 2 heteroatoms. The fourth-order valence-corrected chi connectivity index (χ4v) is 7.53. The SMILES string of the molecule is C=CC(c1ccc(CCC(C)CCC2C=CC=CC2)cc1)C1CCC2=C(C=N1)CC(c1ccc(Br)cc1)c1ccccc12. The molecule has 5 unspecified atom stereocenters. The molecule has 1 heterocycles. The van der Waals surface area contributed by atoms with Crippen molar-refractivity contribution < 1.29 is 0 Å². The molecule has 0 bridgehead atoms. The zero-order chi connectivity index (χ0) is 29.6. The van der Waals surface area contributed by atoms with Crippen LogP contribution in [0.1, 0.15) is 91.5 Å². The lowest BCUT2D eigenvalue weighted by Crippen LogP contribution is -2.15. The van der Waals surface area contributed by atoms with Crippen LogP contribution in [-0.2, 0) is 6.42 Å². The number of nitrogens with zero attached hydrogens (tertiary/aromatic N) is 1. The Morgan fingerprint density at radius 2 is 1.79 bits per heavy atom. The molecule has 0 saturated carbocycles. The molecule has 43 heavy (non-hydrogen) atoms. The third-order valence-corrected chi connectivity index (χ3v) is 10.4. The van der Waals surface area contributed by atoms with Crippen molar-refractivity contribution >= 4 is 27.7 Å². The van der Waals surface area contributed by atoms with Gasteiger partial charge in [-0.2, -0.15) is 0 Å². The number of hydrogen-bond donors (Lipinski definition) is 0. The third kappa shape index (κ3) is 7.13. The van der Waals surface area contributed by atoms with E-state index in [2.05, 4.69) is 139 Å². The minimum absolute atomic E-state index is 0.205. The van der Waals surface area contributed by atoms with Gasteiger partial charge in [-0.3, -0.25) is 4.99 Å². The quantitative estimate of drug-likeness (QED) is 0.198. The summed E-state index contributed by atoms with van der Waals surface area (Å²) in [7, 11) is 0. The molecule has 3 aromatic carbocycles. The minimum Gasteiger partial charge on any atom is -0.289 e. The summed E-state index contributed by atoms with van der Waals surface area (Å²) in [6, 6.07) is 27.4. The lowest BCUT2D eigenvalue weighted by atomic mass is 9.75. The summed E-state index contributed by atoms with van der Waals surface area (Å²) < 4.78 is 1.12. The highest BCUT2D eigenvalue weighted by Gasteiger charge is 2.30. The van der Waals surface area contributed by atoms with Gasteiger partial charge >= 0.3 is 0 Å². The van der Waals surface area contributed by atoms with Crippen molar-refractivity contribution in [3.63, 3.8) is 0 Å². The second-order valence-electron chi connectivity index (χ2n) is 12.8. The van der Waals surface area contributed by atoms with Crippen LogP contribution in [0.2, 0.25) is 0 Å². The maximum Gasteiger partial charge on any atom is 0.0605 e. The van der Waals surface area contributed by atoms with Crippen molar-refractivity contribution in [2.24, 2.45) is 16.8 Å². The summed E-state index contributed by atoms with van der Waals surface area (Å²) in [5, 5.41) is 0. The second-order valence-corrected chi connectivity index (χ2v) is 13.7. The van der Waals surface area contributed by atoms with E-state index < -0.39 is 0 Å². The Hall–Kier alpha value is -3.23. The van der Waals surface area contributed by atoms with Gasteiger partial charge in [0.1, 0.15) is 0 Å². The van der Waals surface area contributed by atoms with Crippen LogP contribution in [-0.4, -0.2) is 12.3 Å². The Morgan fingerprint density at radius 1 is 0.977 bits per heavy atom. The minimum atomic E-state index is 0.205. The molecule has 2 aliphatic carbocycles.